The van der Waals surface area contributed by atoms with Crippen molar-refractivity contribution in [1.29, 1.82) is 0 Å². The molecule has 1 saturated heterocycles. The van der Waals surface area contributed by atoms with Gasteiger partial charge in [-0.05, 0) is 18.6 Å². The summed E-state index contributed by atoms with van der Waals surface area (Å²) in [4.78, 5) is 13.4. The molecule has 1 amide bonds. The summed E-state index contributed by atoms with van der Waals surface area (Å²) < 4.78 is 5.11. The number of carbonyl (C=O) groups is 1. The molecular formula is C11H15NO2. The highest BCUT2D eigenvalue weighted by Gasteiger charge is 2.29. The molecule has 0 saturated carbocycles. The Kier molecular flexibility index (Phi) is 3.12. The molecule has 0 aromatic carbocycles. The first-order chi connectivity index (χ1) is 6.65. The molecule has 0 aliphatic carbocycles. The van der Waals surface area contributed by atoms with E-state index in [0.29, 0.717) is 17.9 Å². The maximum absolute atomic E-state index is 11.7. The van der Waals surface area contributed by atoms with E-state index in [1.165, 1.54) is 0 Å². The van der Waals surface area contributed by atoms with Crippen LogP contribution < -0.4 is 0 Å². The first-order valence-electron chi connectivity index (χ1n) is 4.47. The summed E-state index contributed by atoms with van der Waals surface area (Å²) in [6, 6.07) is 0. The van der Waals surface area contributed by atoms with E-state index in [1.54, 1.807) is 25.1 Å². The Balaban J connectivity index is 3.24. The topological polar surface area (TPSA) is 29.5 Å². The summed E-state index contributed by atoms with van der Waals surface area (Å²) in [5.41, 5.74) is 1.63. The molecule has 0 N–H and O–H groups in total. The number of rotatable bonds is 2. The molecule has 3 heteroatoms. The van der Waals surface area contributed by atoms with Crippen LogP contribution in [0.2, 0.25) is 0 Å². The van der Waals surface area contributed by atoms with E-state index < -0.39 is 0 Å². The van der Waals surface area contributed by atoms with E-state index in [1.807, 2.05) is 13.0 Å². The van der Waals surface area contributed by atoms with Crippen LogP contribution in [0.5, 0.6) is 0 Å². The maximum atomic E-state index is 11.7. The van der Waals surface area contributed by atoms with Crippen molar-refractivity contribution in [3.63, 3.8) is 0 Å². The minimum Gasteiger partial charge on any atom is -0.496 e. The molecular weight excluding hydrogens is 178 g/mol. The van der Waals surface area contributed by atoms with Gasteiger partial charge >= 0.3 is 0 Å². The molecule has 0 spiro atoms. The number of ether oxygens (including phenoxy) is 1. The Morgan fingerprint density at radius 1 is 1.64 bits per heavy atom. The highest BCUT2D eigenvalue weighted by molar-refractivity contribution is 6.02. The van der Waals surface area contributed by atoms with Crippen LogP contribution in [0.15, 0.2) is 35.6 Å². The van der Waals surface area contributed by atoms with Gasteiger partial charge in [0.15, 0.2) is 0 Å². The molecule has 3 nitrogen and oxygen atoms in total. The van der Waals surface area contributed by atoms with E-state index in [2.05, 4.69) is 6.58 Å². The Bertz CT molecular complexity index is 326. The standard InChI is InChI=1S/C11H15NO2/c1-5-8-7-12(3)11(13)10(8)9(6-2)14-4/h5-6H,2,7H2,1,3-4H3/b8-5-,10-9-. The highest BCUT2D eigenvalue weighted by atomic mass is 16.5. The van der Waals surface area contributed by atoms with Crippen LogP contribution in [-0.4, -0.2) is 31.5 Å². The molecule has 14 heavy (non-hydrogen) atoms. The maximum Gasteiger partial charge on any atom is 0.257 e. The van der Waals surface area contributed by atoms with Gasteiger partial charge in [-0.1, -0.05) is 12.7 Å². The van der Waals surface area contributed by atoms with Crippen molar-refractivity contribution in [3.8, 4) is 0 Å². The van der Waals surface area contributed by atoms with E-state index in [0.717, 1.165) is 5.57 Å². The number of nitrogens with zero attached hydrogens (tertiary/aromatic N) is 1. The molecule has 1 heterocycles. The van der Waals surface area contributed by atoms with Gasteiger partial charge in [0.05, 0.1) is 12.7 Å². The fourth-order valence-corrected chi connectivity index (χ4v) is 1.52. The van der Waals surface area contributed by atoms with E-state index in [4.69, 9.17) is 4.74 Å². The van der Waals surface area contributed by atoms with Gasteiger partial charge in [-0.15, -0.1) is 0 Å². The second-order valence-electron chi connectivity index (χ2n) is 3.12. The number of carbonyl (C=O) groups excluding carboxylic acids is 1. The summed E-state index contributed by atoms with van der Waals surface area (Å²) >= 11 is 0. The zero-order valence-corrected chi connectivity index (χ0v) is 8.83. The van der Waals surface area contributed by atoms with Gasteiger partial charge < -0.3 is 9.64 Å². The lowest BCUT2D eigenvalue weighted by molar-refractivity contribution is -0.123. The van der Waals surface area contributed by atoms with Gasteiger partial charge in [0.25, 0.3) is 5.91 Å². The normalized spacial score (nSPS) is 22.9. The molecule has 1 aliphatic rings. The molecule has 1 fully saturated rings. The van der Waals surface area contributed by atoms with Crippen LogP contribution in [0.3, 0.4) is 0 Å². The highest BCUT2D eigenvalue weighted by Crippen LogP contribution is 2.25. The summed E-state index contributed by atoms with van der Waals surface area (Å²) in [7, 11) is 3.32. The first kappa shape index (κ1) is 10.6. The van der Waals surface area contributed by atoms with Gasteiger partial charge in [0, 0.05) is 13.6 Å². The van der Waals surface area contributed by atoms with Crippen LogP contribution in [0.4, 0.5) is 0 Å². The molecule has 1 rings (SSSR count). The molecule has 0 bridgehead atoms. The molecule has 0 unspecified atom stereocenters. The third kappa shape index (κ3) is 1.58. The van der Waals surface area contributed by atoms with Crippen LogP contribution in [0.25, 0.3) is 0 Å². The molecule has 0 radical (unpaired) electrons. The zero-order chi connectivity index (χ0) is 10.7. The Hall–Kier alpha value is -1.51. The van der Waals surface area contributed by atoms with Gasteiger partial charge in [0.2, 0.25) is 0 Å². The average Bonchev–Trinajstić information content (AvgIpc) is 2.47. The average molecular weight is 193 g/mol. The van der Waals surface area contributed by atoms with Gasteiger partial charge in [-0.25, -0.2) is 0 Å². The van der Waals surface area contributed by atoms with Crippen LogP contribution in [0.1, 0.15) is 6.92 Å². The van der Waals surface area contributed by atoms with Gasteiger partial charge in [-0.3, -0.25) is 4.79 Å². The second kappa shape index (κ2) is 4.13. The van der Waals surface area contributed by atoms with Crippen molar-refractivity contribution in [2.75, 3.05) is 20.7 Å². The summed E-state index contributed by atoms with van der Waals surface area (Å²) in [6.45, 7) is 6.18. The predicted octanol–water partition coefficient (Wildman–Crippen LogP) is 1.49. The number of likely N-dealkylation sites (tertiary alicyclic amines) is 1. The van der Waals surface area contributed by atoms with E-state index in [9.17, 15) is 4.79 Å². The molecule has 0 aromatic heterocycles. The number of likely N-dealkylation sites (N-methyl/N-ethyl adjacent to an activating group) is 1. The van der Waals surface area contributed by atoms with Crippen molar-refractivity contribution in [2.45, 2.75) is 6.92 Å². The van der Waals surface area contributed by atoms with Crippen molar-refractivity contribution >= 4 is 5.91 Å². The lowest BCUT2D eigenvalue weighted by Gasteiger charge is -2.06. The molecule has 1 aliphatic heterocycles. The minimum absolute atomic E-state index is 0.00477. The van der Waals surface area contributed by atoms with E-state index in [-0.39, 0.29) is 5.91 Å². The Labute approximate surface area is 84.3 Å². The number of hydrogen-bond donors (Lipinski definition) is 0. The third-order valence-corrected chi connectivity index (χ3v) is 2.29. The summed E-state index contributed by atoms with van der Waals surface area (Å²) in [6.07, 6.45) is 3.50. The largest absolute Gasteiger partial charge is 0.496 e. The van der Waals surface area contributed by atoms with Crippen LogP contribution >= 0.6 is 0 Å². The minimum atomic E-state index is -0.00477. The van der Waals surface area contributed by atoms with Crippen molar-refractivity contribution in [2.24, 2.45) is 0 Å². The number of methoxy groups -OCH3 is 1. The van der Waals surface area contributed by atoms with Crippen molar-refractivity contribution in [1.82, 2.24) is 4.90 Å². The molecule has 0 aromatic rings. The SMILES string of the molecule is C=C/C(OC)=C1/C(=O)N(C)C/C1=C/C. The summed E-state index contributed by atoms with van der Waals surface area (Å²) in [5.74, 6) is 0.544. The van der Waals surface area contributed by atoms with Crippen LogP contribution in [0, 0.1) is 0 Å². The molecule has 76 valence electrons. The third-order valence-electron chi connectivity index (χ3n) is 2.29. The van der Waals surface area contributed by atoms with Crippen molar-refractivity contribution in [3.05, 3.63) is 35.6 Å². The van der Waals surface area contributed by atoms with Crippen molar-refractivity contribution < 1.29 is 9.53 Å². The summed E-state index contributed by atoms with van der Waals surface area (Å²) in [5, 5.41) is 0. The Morgan fingerprint density at radius 2 is 2.29 bits per heavy atom. The second-order valence-corrected chi connectivity index (χ2v) is 3.12. The monoisotopic (exact) mass is 193 g/mol. The number of hydrogen-bond acceptors (Lipinski definition) is 2. The fourth-order valence-electron chi connectivity index (χ4n) is 1.52. The fraction of sp³-hybridized carbons (Fsp3) is 0.364. The quantitative estimate of drug-likeness (QED) is 0.491. The smallest absolute Gasteiger partial charge is 0.257 e. The lowest BCUT2D eigenvalue weighted by Crippen LogP contribution is -2.19. The predicted molar refractivity (Wildman–Crippen MR) is 55.6 cm³/mol. The van der Waals surface area contributed by atoms with Gasteiger partial charge in [0.1, 0.15) is 5.76 Å². The van der Waals surface area contributed by atoms with E-state index >= 15 is 0 Å². The number of amides is 1. The Morgan fingerprint density at radius 3 is 2.71 bits per heavy atom. The number of allylic oxidation sites excluding steroid dienone is 2. The first-order valence-corrected chi connectivity index (χ1v) is 4.47. The van der Waals surface area contributed by atoms with Crippen LogP contribution in [-0.2, 0) is 9.53 Å². The van der Waals surface area contributed by atoms with Gasteiger partial charge in [-0.2, -0.15) is 0 Å². The zero-order valence-electron chi connectivity index (χ0n) is 8.83. The molecule has 0 atom stereocenters. The lowest BCUT2D eigenvalue weighted by atomic mass is 10.1.